The van der Waals surface area contributed by atoms with Gasteiger partial charge in [0.05, 0.1) is 18.1 Å². The smallest absolute Gasteiger partial charge is 0.263 e. The maximum atomic E-state index is 12.0. The summed E-state index contributed by atoms with van der Waals surface area (Å²) in [6, 6.07) is 1.57. The largest absolute Gasteiger partial charge is 0.383 e. The van der Waals surface area contributed by atoms with E-state index >= 15 is 0 Å². The van der Waals surface area contributed by atoms with Gasteiger partial charge in [-0.25, -0.2) is 8.42 Å². The summed E-state index contributed by atoms with van der Waals surface area (Å²) in [6.45, 7) is 4.42. The zero-order valence-corrected chi connectivity index (χ0v) is 14.0. The molecular weight excluding hydrogens is 306 g/mol. The lowest BCUT2D eigenvalue weighted by atomic mass is 10.2. The normalized spacial score (nSPS) is 20.7. The average molecular weight is 329 g/mol. The maximum absolute atomic E-state index is 12.0. The summed E-state index contributed by atoms with van der Waals surface area (Å²) in [4.78, 5) is 13.7. The third kappa shape index (κ3) is 5.66. The number of rotatable bonds is 7. The molecule has 0 aromatic heterocycles. The molecule has 0 bridgehead atoms. The molecule has 22 heavy (non-hydrogen) atoms. The zero-order valence-electron chi connectivity index (χ0n) is 13.2. The predicted molar refractivity (Wildman–Crippen MR) is 82.6 cm³/mol. The van der Waals surface area contributed by atoms with Crippen molar-refractivity contribution in [2.75, 3.05) is 31.8 Å². The van der Waals surface area contributed by atoms with Crippen LogP contribution < -0.4 is 5.32 Å². The quantitative estimate of drug-likeness (QED) is 0.523. The van der Waals surface area contributed by atoms with Gasteiger partial charge in [0, 0.05) is 31.9 Å². The van der Waals surface area contributed by atoms with Gasteiger partial charge in [0.25, 0.3) is 5.91 Å². The van der Waals surface area contributed by atoms with Crippen LogP contribution in [0.5, 0.6) is 0 Å². The molecule has 0 aliphatic carbocycles. The lowest BCUT2D eigenvalue weighted by Crippen LogP contribution is -2.37. The topological polar surface area (TPSA) is 99.5 Å². The van der Waals surface area contributed by atoms with E-state index in [-0.39, 0.29) is 29.2 Å². The van der Waals surface area contributed by atoms with Crippen molar-refractivity contribution < 1.29 is 17.9 Å². The number of sulfone groups is 1. The van der Waals surface area contributed by atoms with Gasteiger partial charge in [0.15, 0.2) is 9.84 Å². The first-order chi connectivity index (χ1) is 10.3. The number of nitrogens with zero attached hydrogens (tertiary/aromatic N) is 2. The number of ether oxygens (including phenoxy) is 1. The van der Waals surface area contributed by atoms with E-state index in [1.165, 1.54) is 6.20 Å². The number of carbonyl (C=O) groups is 1. The second kappa shape index (κ2) is 8.15. The molecule has 1 aliphatic rings. The van der Waals surface area contributed by atoms with Gasteiger partial charge < -0.3 is 15.0 Å². The fourth-order valence-electron chi connectivity index (χ4n) is 2.23. The van der Waals surface area contributed by atoms with Gasteiger partial charge in [-0.15, -0.1) is 0 Å². The van der Waals surface area contributed by atoms with E-state index < -0.39 is 15.7 Å². The van der Waals surface area contributed by atoms with E-state index in [9.17, 15) is 18.5 Å². The molecule has 1 saturated heterocycles. The van der Waals surface area contributed by atoms with E-state index in [4.69, 9.17) is 4.74 Å². The summed E-state index contributed by atoms with van der Waals surface area (Å²) < 4.78 is 28.3. The van der Waals surface area contributed by atoms with Crippen LogP contribution in [0.3, 0.4) is 0 Å². The Labute approximate surface area is 131 Å². The first-order valence-electron chi connectivity index (χ1n) is 7.17. The number of hydrogen-bond acceptors (Lipinski definition) is 6. The van der Waals surface area contributed by atoms with Crippen molar-refractivity contribution in [3.05, 3.63) is 11.8 Å². The molecule has 124 valence electrons. The highest BCUT2D eigenvalue weighted by atomic mass is 32.2. The molecule has 0 radical (unpaired) electrons. The van der Waals surface area contributed by atoms with Crippen molar-refractivity contribution in [2.24, 2.45) is 0 Å². The molecule has 0 aromatic carbocycles. The number of carbonyl (C=O) groups excluding carboxylic acids is 1. The molecule has 1 fully saturated rings. The highest BCUT2D eigenvalue weighted by molar-refractivity contribution is 7.91. The molecule has 0 saturated carbocycles. The predicted octanol–water partition coefficient (Wildman–Crippen LogP) is 0.0540. The molecule has 1 aliphatic heterocycles. The first kappa shape index (κ1) is 18.5. The number of amides is 1. The minimum Gasteiger partial charge on any atom is -0.383 e. The van der Waals surface area contributed by atoms with Gasteiger partial charge in [-0.2, -0.15) is 5.26 Å². The maximum Gasteiger partial charge on any atom is 0.263 e. The van der Waals surface area contributed by atoms with Crippen molar-refractivity contribution in [3.63, 3.8) is 0 Å². The molecule has 1 amide bonds. The Morgan fingerprint density at radius 1 is 1.55 bits per heavy atom. The Hall–Kier alpha value is -1.59. The van der Waals surface area contributed by atoms with Gasteiger partial charge in [-0.05, 0) is 20.3 Å². The zero-order chi connectivity index (χ0) is 16.8. The third-order valence-electron chi connectivity index (χ3n) is 3.31. The Bertz CT molecular complexity index is 563. The molecule has 1 atom stereocenters. The van der Waals surface area contributed by atoms with Gasteiger partial charge >= 0.3 is 0 Å². The number of methoxy groups -OCH3 is 1. The van der Waals surface area contributed by atoms with Gasteiger partial charge in [-0.3, -0.25) is 4.79 Å². The summed E-state index contributed by atoms with van der Waals surface area (Å²) >= 11 is 0. The van der Waals surface area contributed by atoms with Crippen molar-refractivity contribution in [1.29, 1.82) is 5.26 Å². The highest BCUT2D eigenvalue weighted by Gasteiger charge is 2.31. The molecule has 0 aromatic rings. The van der Waals surface area contributed by atoms with Crippen LogP contribution in [0, 0.1) is 11.3 Å². The Morgan fingerprint density at radius 2 is 2.23 bits per heavy atom. The van der Waals surface area contributed by atoms with E-state index in [0.29, 0.717) is 19.6 Å². The molecule has 1 heterocycles. The molecular formula is C14H23N3O4S. The first-order valence-corrected chi connectivity index (χ1v) is 8.99. The minimum atomic E-state index is -3.04. The van der Waals surface area contributed by atoms with Crippen LogP contribution in [0.2, 0.25) is 0 Å². The second-order valence-corrected chi connectivity index (χ2v) is 7.80. The lowest BCUT2D eigenvalue weighted by molar-refractivity contribution is -0.117. The summed E-state index contributed by atoms with van der Waals surface area (Å²) in [5.41, 5.74) is -0.0332. The van der Waals surface area contributed by atoms with Crippen LogP contribution in [-0.4, -0.2) is 63.1 Å². The average Bonchev–Trinajstić information content (AvgIpc) is 2.78. The van der Waals surface area contributed by atoms with Crippen LogP contribution in [0.15, 0.2) is 11.8 Å². The van der Waals surface area contributed by atoms with Crippen LogP contribution in [0.1, 0.15) is 20.3 Å². The Balaban J connectivity index is 2.93. The highest BCUT2D eigenvalue weighted by Crippen LogP contribution is 2.18. The molecule has 1 rings (SSSR count). The van der Waals surface area contributed by atoms with Crippen LogP contribution in [0.25, 0.3) is 0 Å². The van der Waals surface area contributed by atoms with Crippen LogP contribution >= 0.6 is 0 Å². The standard InChI is InChI=1S/C14H23N3O4S/c1-11(2)16-14(18)12(8-15)9-17(5-6-21-3)13-4-7-22(19,20)10-13/h9,11,13H,4-7,10H2,1-3H3,(H,16,18)/b12-9-. The number of hydrogen-bond donors (Lipinski definition) is 1. The summed E-state index contributed by atoms with van der Waals surface area (Å²) in [5, 5.41) is 11.8. The third-order valence-corrected chi connectivity index (χ3v) is 5.06. The molecule has 1 N–H and O–H groups in total. The van der Waals surface area contributed by atoms with Gasteiger partial charge in [-0.1, -0.05) is 0 Å². The fraction of sp³-hybridized carbons (Fsp3) is 0.714. The molecule has 1 unspecified atom stereocenters. The monoisotopic (exact) mass is 329 g/mol. The van der Waals surface area contributed by atoms with Crippen LogP contribution in [0.4, 0.5) is 0 Å². The van der Waals surface area contributed by atoms with Crippen molar-refractivity contribution in [2.45, 2.75) is 32.4 Å². The second-order valence-electron chi connectivity index (χ2n) is 5.57. The van der Waals surface area contributed by atoms with E-state index in [1.54, 1.807) is 25.9 Å². The minimum absolute atomic E-state index is 0.0332. The van der Waals surface area contributed by atoms with Crippen molar-refractivity contribution in [1.82, 2.24) is 10.2 Å². The van der Waals surface area contributed by atoms with E-state index in [2.05, 4.69) is 5.32 Å². The summed E-state index contributed by atoms with van der Waals surface area (Å²) in [6.07, 6.45) is 1.94. The summed E-state index contributed by atoms with van der Waals surface area (Å²) in [5.74, 6) is -0.284. The van der Waals surface area contributed by atoms with Crippen molar-refractivity contribution >= 4 is 15.7 Å². The lowest BCUT2D eigenvalue weighted by Gasteiger charge is -2.26. The number of nitrogens with one attached hydrogen (secondary N) is 1. The summed E-state index contributed by atoms with van der Waals surface area (Å²) in [7, 11) is -1.50. The Kier molecular flexibility index (Phi) is 6.84. The van der Waals surface area contributed by atoms with E-state index in [0.717, 1.165) is 0 Å². The van der Waals surface area contributed by atoms with Gasteiger partial charge in [0.1, 0.15) is 11.6 Å². The Morgan fingerprint density at radius 3 is 2.68 bits per heavy atom. The molecule has 8 heteroatoms. The van der Waals surface area contributed by atoms with Gasteiger partial charge in [0.2, 0.25) is 0 Å². The molecule has 7 nitrogen and oxygen atoms in total. The van der Waals surface area contributed by atoms with Crippen LogP contribution in [-0.2, 0) is 19.4 Å². The fourth-order valence-corrected chi connectivity index (χ4v) is 3.97. The van der Waals surface area contributed by atoms with Crippen molar-refractivity contribution in [3.8, 4) is 6.07 Å². The number of nitriles is 1. The molecule has 0 spiro atoms. The van der Waals surface area contributed by atoms with E-state index in [1.807, 2.05) is 6.07 Å². The SMILES string of the molecule is COCCN(/C=C(/C#N)C(=O)NC(C)C)C1CCS(=O)(=O)C1.